The van der Waals surface area contributed by atoms with Gasteiger partial charge in [-0.3, -0.25) is 4.79 Å². The van der Waals surface area contributed by atoms with Crippen LogP contribution in [0.4, 0.5) is 0 Å². The minimum atomic E-state index is -0.0741. The van der Waals surface area contributed by atoms with Crippen molar-refractivity contribution in [3.63, 3.8) is 0 Å². The topological polar surface area (TPSA) is 70.9 Å². The fourth-order valence-electron chi connectivity index (χ4n) is 2.42. The smallest absolute Gasteiger partial charge is 0.257 e. The average Bonchev–Trinajstić information content (AvgIpc) is 3.21. The number of benzene rings is 1. The van der Waals surface area contributed by atoms with Crippen molar-refractivity contribution < 1.29 is 14.7 Å². The van der Waals surface area contributed by atoms with Gasteiger partial charge in [-0.2, -0.15) is 0 Å². The maximum Gasteiger partial charge on any atom is 0.257 e. The van der Waals surface area contributed by atoms with Crippen molar-refractivity contribution in [1.82, 2.24) is 5.32 Å². The Morgan fingerprint density at radius 1 is 1.40 bits per heavy atom. The number of nitrogens with zero attached hydrogens (tertiary/aromatic N) is 1. The molecule has 1 aromatic carbocycles. The van der Waals surface area contributed by atoms with E-state index in [1.165, 1.54) is 12.8 Å². The highest BCUT2D eigenvalue weighted by Crippen LogP contribution is 2.28. The first-order chi connectivity index (χ1) is 9.76. The highest BCUT2D eigenvalue weighted by molar-refractivity contribution is 6.04. The third-order valence-electron chi connectivity index (χ3n) is 3.79. The number of carbonyl (C=O) groups is 1. The summed E-state index contributed by atoms with van der Waals surface area (Å²) in [7, 11) is 0. The van der Waals surface area contributed by atoms with Gasteiger partial charge in [0.05, 0.1) is 5.71 Å². The summed E-state index contributed by atoms with van der Waals surface area (Å²) in [5.41, 5.74) is 2.79. The van der Waals surface area contributed by atoms with Crippen LogP contribution in [0.3, 0.4) is 0 Å². The molecule has 1 amide bonds. The molecule has 1 fully saturated rings. The summed E-state index contributed by atoms with van der Waals surface area (Å²) < 4.78 is 5.50. The molecule has 0 saturated heterocycles. The van der Waals surface area contributed by atoms with Gasteiger partial charge in [0.25, 0.3) is 5.91 Å². The van der Waals surface area contributed by atoms with E-state index in [0.29, 0.717) is 17.4 Å². The summed E-state index contributed by atoms with van der Waals surface area (Å²) >= 11 is 0. The molecule has 2 aliphatic carbocycles. The lowest BCUT2D eigenvalue weighted by molar-refractivity contribution is -0.123. The van der Waals surface area contributed by atoms with E-state index in [0.717, 1.165) is 30.5 Å². The lowest BCUT2D eigenvalue weighted by atomic mass is 10.1. The molecule has 106 valence electrons. The van der Waals surface area contributed by atoms with E-state index in [-0.39, 0.29) is 12.5 Å². The molecule has 3 rings (SSSR count). The van der Waals surface area contributed by atoms with Crippen molar-refractivity contribution in [2.75, 3.05) is 13.2 Å². The first-order valence-electron chi connectivity index (χ1n) is 7.00. The predicted molar refractivity (Wildman–Crippen MR) is 74.3 cm³/mol. The molecule has 20 heavy (non-hydrogen) atoms. The summed E-state index contributed by atoms with van der Waals surface area (Å²) in [6.45, 7) is 0.815. The molecule has 0 bridgehead atoms. The molecule has 0 unspecified atom stereocenters. The van der Waals surface area contributed by atoms with Crippen LogP contribution in [0.2, 0.25) is 0 Å². The van der Waals surface area contributed by atoms with E-state index in [9.17, 15) is 4.79 Å². The van der Waals surface area contributed by atoms with E-state index < -0.39 is 0 Å². The Labute approximate surface area is 117 Å². The standard InChI is InChI=1S/C15H18N2O3/c18-15(16-8-10-1-2-10)9-20-12-4-5-13-11(7-12)3-6-14(13)17-19/h4-5,7,10,19H,1-3,6,8-9H2,(H,16,18)/b17-14-. The molecule has 5 heteroatoms. The minimum Gasteiger partial charge on any atom is -0.484 e. The number of hydrogen-bond donors (Lipinski definition) is 2. The lowest BCUT2D eigenvalue weighted by Crippen LogP contribution is -2.30. The van der Waals surface area contributed by atoms with E-state index in [1.807, 2.05) is 18.2 Å². The van der Waals surface area contributed by atoms with Crippen LogP contribution >= 0.6 is 0 Å². The summed E-state index contributed by atoms with van der Waals surface area (Å²) in [6.07, 6.45) is 4.04. The Kier molecular flexibility index (Phi) is 3.58. The number of nitrogens with one attached hydrogen (secondary N) is 1. The fraction of sp³-hybridized carbons (Fsp3) is 0.467. The molecule has 5 nitrogen and oxygen atoms in total. The van der Waals surface area contributed by atoms with Crippen LogP contribution in [0.1, 0.15) is 30.4 Å². The molecule has 0 aliphatic heterocycles. The van der Waals surface area contributed by atoms with Crippen LogP contribution in [0.15, 0.2) is 23.4 Å². The Bertz CT molecular complexity index is 550. The van der Waals surface area contributed by atoms with Gasteiger partial charge in [-0.05, 0) is 55.4 Å². The highest BCUT2D eigenvalue weighted by Gasteiger charge is 2.22. The Balaban J connectivity index is 1.54. The van der Waals surface area contributed by atoms with Gasteiger partial charge in [0, 0.05) is 12.1 Å². The molecular weight excluding hydrogens is 256 g/mol. The van der Waals surface area contributed by atoms with Gasteiger partial charge in [-0.1, -0.05) is 5.16 Å². The zero-order valence-electron chi connectivity index (χ0n) is 11.3. The number of amides is 1. The summed E-state index contributed by atoms with van der Waals surface area (Å²) in [5, 5.41) is 15.0. The molecule has 0 spiro atoms. The zero-order valence-corrected chi connectivity index (χ0v) is 11.3. The highest BCUT2D eigenvalue weighted by atomic mass is 16.5. The van der Waals surface area contributed by atoms with E-state index in [4.69, 9.17) is 9.94 Å². The Morgan fingerprint density at radius 3 is 3.00 bits per heavy atom. The molecule has 0 heterocycles. The second-order valence-electron chi connectivity index (χ2n) is 5.40. The first-order valence-corrected chi connectivity index (χ1v) is 7.00. The third kappa shape index (κ3) is 2.92. The maximum absolute atomic E-state index is 11.6. The summed E-state index contributed by atoms with van der Waals surface area (Å²) in [5.74, 6) is 1.29. The minimum absolute atomic E-state index is 0.0481. The summed E-state index contributed by atoms with van der Waals surface area (Å²) in [4.78, 5) is 11.6. The molecule has 1 saturated carbocycles. The normalized spacial score (nSPS) is 18.9. The monoisotopic (exact) mass is 274 g/mol. The van der Waals surface area contributed by atoms with Crippen LogP contribution in [0, 0.1) is 5.92 Å². The van der Waals surface area contributed by atoms with Crippen LogP contribution in [-0.2, 0) is 11.2 Å². The maximum atomic E-state index is 11.6. The van der Waals surface area contributed by atoms with Crippen LogP contribution in [0.25, 0.3) is 0 Å². The number of oxime groups is 1. The molecule has 0 aromatic heterocycles. The lowest BCUT2D eigenvalue weighted by Gasteiger charge is -2.08. The second-order valence-corrected chi connectivity index (χ2v) is 5.40. The third-order valence-corrected chi connectivity index (χ3v) is 3.79. The number of carbonyl (C=O) groups excluding carboxylic acids is 1. The van der Waals surface area contributed by atoms with Gasteiger partial charge >= 0.3 is 0 Å². The number of aryl methyl sites for hydroxylation is 1. The Hall–Kier alpha value is -2.04. The Morgan fingerprint density at radius 2 is 2.25 bits per heavy atom. The zero-order chi connectivity index (χ0) is 13.9. The van der Waals surface area contributed by atoms with Gasteiger partial charge in [0.1, 0.15) is 5.75 Å². The quantitative estimate of drug-likeness (QED) is 0.634. The van der Waals surface area contributed by atoms with Crippen molar-refractivity contribution in [3.05, 3.63) is 29.3 Å². The fourth-order valence-corrected chi connectivity index (χ4v) is 2.42. The van der Waals surface area contributed by atoms with Crippen molar-refractivity contribution in [2.24, 2.45) is 11.1 Å². The number of hydrogen-bond acceptors (Lipinski definition) is 4. The van der Waals surface area contributed by atoms with Crippen molar-refractivity contribution in [3.8, 4) is 5.75 Å². The summed E-state index contributed by atoms with van der Waals surface area (Å²) in [6, 6.07) is 5.61. The molecular formula is C15H18N2O3. The van der Waals surface area contributed by atoms with E-state index >= 15 is 0 Å². The predicted octanol–water partition coefficient (Wildman–Crippen LogP) is 1.72. The SMILES string of the molecule is O=C(COc1ccc2c(c1)CC/C2=N/O)NCC1CC1. The average molecular weight is 274 g/mol. The van der Waals surface area contributed by atoms with Crippen LogP contribution in [0.5, 0.6) is 5.75 Å². The van der Waals surface area contributed by atoms with Gasteiger partial charge < -0.3 is 15.3 Å². The van der Waals surface area contributed by atoms with E-state index in [2.05, 4.69) is 10.5 Å². The van der Waals surface area contributed by atoms with Gasteiger partial charge in [-0.15, -0.1) is 0 Å². The largest absolute Gasteiger partial charge is 0.484 e. The number of fused-ring (bicyclic) bond motifs is 1. The van der Waals surface area contributed by atoms with Crippen LogP contribution < -0.4 is 10.1 Å². The molecule has 2 aliphatic rings. The number of rotatable bonds is 5. The van der Waals surface area contributed by atoms with Crippen molar-refractivity contribution in [2.45, 2.75) is 25.7 Å². The molecule has 1 aromatic rings. The van der Waals surface area contributed by atoms with Crippen molar-refractivity contribution >= 4 is 11.6 Å². The first kappa shape index (κ1) is 13.0. The van der Waals surface area contributed by atoms with Crippen molar-refractivity contribution in [1.29, 1.82) is 0 Å². The molecule has 0 radical (unpaired) electrons. The van der Waals surface area contributed by atoms with Crippen LogP contribution in [-0.4, -0.2) is 30.0 Å². The van der Waals surface area contributed by atoms with Gasteiger partial charge in [0.15, 0.2) is 6.61 Å². The second kappa shape index (κ2) is 5.53. The molecule has 0 atom stereocenters. The van der Waals surface area contributed by atoms with Gasteiger partial charge in [0.2, 0.25) is 0 Å². The van der Waals surface area contributed by atoms with E-state index in [1.54, 1.807) is 0 Å². The number of ether oxygens (including phenoxy) is 1. The molecule has 2 N–H and O–H groups in total. The van der Waals surface area contributed by atoms with Gasteiger partial charge in [-0.25, -0.2) is 0 Å².